The Hall–Kier alpha value is -0.800. The van der Waals surface area contributed by atoms with Crippen LogP contribution < -0.4 is 4.90 Å². The van der Waals surface area contributed by atoms with E-state index in [0.29, 0.717) is 18.6 Å². The van der Waals surface area contributed by atoms with Crippen LogP contribution in [-0.2, 0) is 4.79 Å². The zero-order valence-corrected chi connectivity index (χ0v) is 11.8. The van der Waals surface area contributed by atoms with Crippen LogP contribution in [0.25, 0.3) is 0 Å². The van der Waals surface area contributed by atoms with Crippen molar-refractivity contribution in [2.45, 2.75) is 44.2 Å². The summed E-state index contributed by atoms with van der Waals surface area (Å²) in [5.74, 6) is -0.254. The van der Waals surface area contributed by atoms with Crippen LogP contribution in [0.1, 0.15) is 32.1 Å². The average molecular weight is 302 g/mol. The third-order valence-electron chi connectivity index (χ3n) is 4.05. The summed E-state index contributed by atoms with van der Waals surface area (Å²) in [6.45, 7) is 0. The van der Waals surface area contributed by atoms with Crippen LogP contribution in [0.15, 0.2) is 12.1 Å². The Kier molecular flexibility index (Phi) is 3.44. The Balaban J connectivity index is 1.99. The molecule has 102 valence electrons. The van der Waals surface area contributed by atoms with Gasteiger partial charge in [0.2, 0.25) is 0 Å². The van der Waals surface area contributed by atoms with Crippen molar-refractivity contribution in [2.75, 3.05) is 4.90 Å². The van der Waals surface area contributed by atoms with E-state index in [1.165, 1.54) is 0 Å². The van der Waals surface area contributed by atoms with Crippen molar-refractivity contribution in [3.63, 3.8) is 0 Å². The van der Waals surface area contributed by atoms with E-state index in [9.17, 15) is 9.18 Å². The molecule has 2 unspecified atom stereocenters. The Morgan fingerprint density at radius 2 is 1.63 bits per heavy atom. The smallest absolute Gasteiger partial charge is 0.160 e. The first-order chi connectivity index (χ1) is 9.06. The molecule has 5 heteroatoms. The Morgan fingerprint density at radius 1 is 1.11 bits per heavy atom. The molecular weight excluding hydrogens is 288 g/mol. The summed E-state index contributed by atoms with van der Waals surface area (Å²) in [7, 11) is 0. The second-order valence-electron chi connectivity index (χ2n) is 5.32. The first-order valence-corrected chi connectivity index (χ1v) is 7.26. The van der Waals surface area contributed by atoms with Crippen LogP contribution >= 0.6 is 23.2 Å². The third kappa shape index (κ3) is 2.34. The highest BCUT2D eigenvalue weighted by atomic mass is 35.5. The number of Topliss-reactive ketones (excluding diaryl/α,β-unsaturated/α-hetero) is 1. The van der Waals surface area contributed by atoms with E-state index >= 15 is 0 Å². The van der Waals surface area contributed by atoms with Crippen molar-refractivity contribution in [1.29, 1.82) is 0 Å². The van der Waals surface area contributed by atoms with Crippen molar-refractivity contribution < 1.29 is 9.18 Å². The predicted molar refractivity (Wildman–Crippen MR) is 74.6 cm³/mol. The van der Waals surface area contributed by atoms with Crippen molar-refractivity contribution in [3.05, 3.63) is 28.0 Å². The fourth-order valence-electron chi connectivity index (χ4n) is 3.29. The molecule has 2 aliphatic heterocycles. The molecule has 2 fully saturated rings. The molecule has 0 aromatic heterocycles. The van der Waals surface area contributed by atoms with Crippen LogP contribution in [0, 0.1) is 5.82 Å². The van der Waals surface area contributed by atoms with Gasteiger partial charge in [0, 0.05) is 30.6 Å². The zero-order valence-electron chi connectivity index (χ0n) is 10.3. The summed E-state index contributed by atoms with van der Waals surface area (Å²) in [6.07, 6.45) is 4.28. The summed E-state index contributed by atoms with van der Waals surface area (Å²) in [6, 6.07) is 3.64. The number of benzene rings is 1. The molecule has 0 radical (unpaired) electrons. The molecule has 0 N–H and O–H groups in total. The number of nitrogens with zero attached hydrogens (tertiary/aromatic N) is 1. The first kappa shape index (κ1) is 13.2. The van der Waals surface area contributed by atoms with Crippen molar-refractivity contribution >= 4 is 34.7 Å². The van der Waals surface area contributed by atoms with Crippen LogP contribution in [0.2, 0.25) is 10.0 Å². The molecule has 2 heterocycles. The van der Waals surface area contributed by atoms with Gasteiger partial charge in [-0.15, -0.1) is 0 Å². The highest BCUT2D eigenvalue weighted by Gasteiger charge is 2.37. The minimum Gasteiger partial charge on any atom is -0.365 e. The monoisotopic (exact) mass is 301 g/mol. The van der Waals surface area contributed by atoms with Gasteiger partial charge in [0.05, 0.1) is 10.0 Å². The van der Waals surface area contributed by atoms with Gasteiger partial charge in [-0.1, -0.05) is 23.2 Å². The summed E-state index contributed by atoms with van der Waals surface area (Å²) in [5.41, 5.74) is 0.832. The number of anilines is 1. The van der Waals surface area contributed by atoms with Gasteiger partial charge in [-0.3, -0.25) is 4.79 Å². The molecule has 0 spiro atoms. The van der Waals surface area contributed by atoms with E-state index in [1.54, 1.807) is 12.1 Å². The van der Waals surface area contributed by atoms with Crippen molar-refractivity contribution in [2.24, 2.45) is 0 Å². The number of hydrogen-bond acceptors (Lipinski definition) is 2. The fraction of sp³-hybridized carbons (Fsp3) is 0.500. The lowest BCUT2D eigenvalue weighted by Gasteiger charge is -2.47. The fourth-order valence-corrected chi connectivity index (χ4v) is 3.76. The first-order valence-electron chi connectivity index (χ1n) is 6.51. The summed E-state index contributed by atoms with van der Waals surface area (Å²) < 4.78 is 13.5. The highest BCUT2D eigenvalue weighted by molar-refractivity contribution is 6.35. The quantitative estimate of drug-likeness (QED) is 0.724. The summed E-state index contributed by atoms with van der Waals surface area (Å²) in [4.78, 5) is 13.9. The van der Waals surface area contributed by atoms with Crippen molar-refractivity contribution in [3.8, 4) is 0 Å². The summed E-state index contributed by atoms with van der Waals surface area (Å²) >= 11 is 11.7. The Morgan fingerprint density at radius 3 is 2.16 bits per heavy atom. The normalized spacial score (nSPS) is 26.7. The minimum absolute atomic E-state index is 0.0393. The lowest BCUT2D eigenvalue weighted by molar-refractivity contribution is -0.121. The highest BCUT2D eigenvalue weighted by Crippen LogP contribution is 2.39. The second kappa shape index (κ2) is 4.95. The van der Waals surface area contributed by atoms with Gasteiger partial charge in [-0.2, -0.15) is 0 Å². The number of carbonyl (C=O) groups is 1. The van der Waals surface area contributed by atoms with Crippen molar-refractivity contribution in [1.82, 2.24) is 0 Å². The van der Waals surface area contributed by atoms with E-state index in [4.69, 9.17) is 23.2 Å². The van der Waals surface area contributed by atoms with Crippen LogP contribution in [0.3, 0.4) is 0 Å². The number of hydrogen-bond donors (Lipinski definition) is 0. The SMILES string of the molecule is O=C1CC2CCCC(C1)N2c1cc(Cl)c(F)c(Cl)c1. The molecule has 2 saturated heterocycles. The average Bonchev–Trinajstić information content (AvgIpc) is 2.34. The van der Waals surface area contributed by atoms with Gasteiger partial charge in [-0.05, 0) is 31.4 Å². The number of rotatable bonds is 1. The maximum Gasteiger partial charge on any atom is 0.160 e. The molecule has 2 atom stereocenters. The van der Waals surface area contributed by atoms with Crippen LogP contribution in [0.4, 0.5) is 10.1 Å². The Labute approximate surface area is 121 Å². The number of piperidine rings is 2. The molecule has 19 heavy (non-hydrogen) atoms. The lowest BCUT2D eigenvalue weighted by atomic mass is 9.83. The standard InChI is InChI=1S/C14H14Cl2FNO/c15-12-6-10(7-13(16)14(12)17)18-8-2-1-3-9(18)5-11(19)4-8/h6-9H,1-5H2. The molecule has 3 rings (SSSR count). The lowest BCUT2D eigenvalue weighted by Crippen LogP contribution is -2.52. The van der Waals surface area contributed by atoms with E-state index in [1.807, 2.05) is 0 Å². The van der Waals surface area contributed by atoms with Crippen LogP contribution in [0.5, 0.6) is 0 Å². The van der Waals surface area contributed by atoms with E-state index < -0.39 is 5.82 Å². The van der Waals surface area contributed by atoms with E-state index in [2.05, 4.69) is 4.90 Å². The van der Waals surface area contributed by atoms with Gasteiger partial charge >= 0.3 is 0 Å². The molecule has 1 aromatic rings. The Bertz CT molecular complexity index is 495. The molecule has 2 aliphatic rings. The molecule has 1 aromatic carbocycles. The van der Waals surface area contributed by atoms with Gasteiger partial charge in [0.25, 0.3) is 0 Å². The molecule has 0 saturated carbocycles. The number of halogens is 3. The maximum absolute atomic E-state index is 13.5. The van der Waals surface area contributed by atoms with E-state index in [-0.39, 0.29) is 22.1 Å². The summed E-state index contributed by atoms with van der Waals surface area (Å²) in [5, 5.41) is 0.0787. The number of carbonyl (C=O) groups excluding carboxylic acids is 1. The predicted octanol–water partition coefficient (Wildman–Crippen LogP) is 4.22. The van der Waals surface area contributed by atoms with Gasteiger partial charge < -0.3 is 4.90 Å². The zero-order chi connectivity index (χ0) is 13.6. The van der Waals surface area contributed by atoms with Gasteiger partial charge in [0.1, 0.15) is 5.78 Å². The molecule has 0 aliphatic carbocycles. The van der Waals surface area contributed by atoms with Gasteiger partial charge in [0.15, 0.2) is 5.82 Å². The molecule has 2 nitrogen and oxygen atoms in total. The van der Waals surface area contributed by atoms with Crippen LogP contribution in [-0.4, -0.2) is 17.9 Å². The molecular formula is C14H14Cl2FNO. The number of fused-ring (bicyclic) bond motifs is 2. The van der Waals surface area contributed by atoms with Gasteiger partial charge in [-0.25, -0.2) is 4.39 Å². The molecule has 2 bridgehead atoms. The van der Waals surface area contributed by atoms with E-state index in [0.717, 1.165) is 24.9 Å². The maximum atomic E-state index is 13.5. The molecule has 0 amide bonds. The second-order valence-corrected chi connectivity index (χ2v) is 6.13. The largest absolute Gasteiger partial charge is 0.365 e. The topological polar surface area (TPSA) is 20.3 Å². The minimum atomic E-state index is -0.578. The third-order valence-corrected chi connectivity index (χ3v) is 4.60. The number of ketones is 1.